The van der Waals surface area contributed by atoms with Crippen LogP contribution in [0.25, 0.3) is 0 Å². The summed E-state index contributed by atoms with van der Waals surface area (Å²) in [5.74, 6) is 0.350. The average molecular weight is 213 g/mol. The molecule has 0 aliphatic rings. The molecular weight excluding hydrogens is 198 g/mol. The van der Waals surface area contributed by atoms with Gasteiger partial charge in [-0.2, -0.15) is 0 Å². The number of hydrogen-bond acceptors (Lipinski definition) is 3. The molecule has 3 nitrogen and oxygen atoms in total. The van der Waals surface area contributed by atoms with Crippen molar-refractivity contribution in [2.24, 2.45) is 0 Å². The van der Waals surface area contributed by atoms with Gasteiger partial charge < -0.3 is 0 Å². The molecule has 4 heteroatoms. The Morgan fingerprint density at radius 3 is 2.50 bits per heavy atom. The molecule has 0 spiro atoms. The topological polar surface area (TPSA) is 47.0 Å². The molecule has 0 bridgehead atoms. The molecule has 0 radical (unpaired) electrons. The summed E-state index contributed by atoms with van der Waals surface area (Å²) in [7, 11) is -2.98. The van der Waals surface area contributed by atoms with Crippen LogP contribution < -0.4 is 0 Å². The fourth-order valence-corrected chi connectivity index (χ4v) is 1.87. The van der Waals surface area contributed by atoms with Crippen molar-refractivity contribution in [3.63, 3.8) is 0 Å². The van der Waals surface area contributed by atoms with E-state index in [1.807, 2.05) is 26.0 Å². The van der Waals surface area contributed by atoms with Crippen molar-refractivity contribution >= 4 is 9.84 Å². The maximum atomic E-state index is 11.0. The first-order valence-corrected chi connectivity index (χ1v) is 6.58. The standard InChI is InChI=1S/C10H15NO2S/c1-8(2)10-6-4-5-9(11-10)7-14(3,12)13/h4-6,8H,7H2,1-3H3. The zero-order chi connectivity index (χ0) is 10.8. The number of sulfone groups is 1. The predicted molar refractivity (Wildman–Crippen MR) is 56.9 cm³/mol. The van der Waals surface area contributed by atoms with E-state index < -0.39 is 9.84 Å². The second-order valence-electron chi connectivity index (χ2n) is 3.78. The van der Waals surface area contributed by atoms with Crippen molar-refractivity contribution in [1.82, 2.24) is 4.98 Å². The van der Waals surface area contributed by atoms with Crippen molar-refractivity contribution in [1.29, 1.82) is 0 Å². The highest BCUT2D eigenvalue weighted by Gasteiger charge is 2.07. The highest BCUT2D eigenvalue weighted by molar-refractivity contribution is 7.89. The van der Waals surface area contributed by atoms with Crippen LogP contribution in [0.1, 0.15) is 31.2 Å². The maximum Gasteiger partial charge on any atom is 0.153 e. The summed E-state index contributed by atoms with van der Waals surface area (Å²) < 4.78 is 22.1. The number of pyridine rings is 1. The Morgan fingerprint density at radius 2 is 2.00 bits per heavy atom. The quantitative estimate of drug-likeness (QED) is 0.768. The van der Waals surface area contributed by atoms with Gasteiger partial charge in [-0.05, 0) is 18.1 Å². The second-order valence-corrected chi connectivity index (χ2v) is 5.92. The summed E-state index contributed by atoms with van der Waals surface area (Å²) in [6.07, 6.45) is 1.22. The zero-order valence-electron chi connectivity index (χ0n) is 8.69. The summed E-state index contributed by atoms with van der Waals surface area (Å²) in [5, 5.41) is 0. The van der Waals surface area contributed by atoms with E-state index in [0.717, 1.165) is 5.69 Å². The lowest BCUT2D eigenvalue weighted by Crippen LogP contribution is -2.04. The minimum Gasteiger partial charge on any atom is -0.257 e. The molecule has 0 aromatic carbocycles. The lowest BCUT2D eigenvalue weighted by Gasteiger charge is -2.05. The first-order chi connectivity index (χ1) is 6.38. The van der Waals surface area contributed by atoms with E-state index >= 15 is 0 Å². The van der Waals surface area contributed by atoms with Gasteiger partial charge in [-0.15, -0.1) is 0 Å². The van der Waals surface area contributed by atoms with Crippen molar-refractivity contribution in [3.05, 3.63) is 29.6 Å². The smallest absolute Gasteiger partial charge is 0.153 e. The maximum absolute atomic E-state index is 11.0. The molecule has 78 valence electrons. The summed E-state index contributed by atoms with van der Waals surface area (Å²) >= 11 is 0. The largest absolute Gasteiger partial charge is 0.257 e. The Bertz CT molecular complexity index is 410. The third kappa shape index (κ3) is 3.46. The van der Waals surface area contributed by atoms with Gasteiger partial charge in [0.2, 0.25) is 0 Å². The lowest BCUT2D eigenvalue weighted by molar-refractivity contribution is 0.600. The van der Waals surface area contributed by atoms with E-state index in [0.29, 0.717) is 11.6 Å². The van der Waals surface area contributed by atoms with E-state index in [9.17, 15) is 8.42 Å². The SMILES string of the molecule is CC(C)c1cccc(CS(C)(=O)=O)n1. The highest BCUT2D eigenvalue weighted by atomic mass is 32.2. The Hall–Kier alpha value is -0.900. The summed E-state index contributed by atoms with van der Waals surface area (Å²) in [4.78, 5) is 4.28. The van der Waals surface area contributed by atoms with Crippen LogP contribution in [0.5, 0.6) is 0 Å². The van der Waals surface area contributed by atoms with Crippen LogP contribution in [0.2, 0.25) is 0 Å². The number of hydrogen-bond donors (Lipinski definition) is 0. The number of nitrogens with zero attached hydrogens (tertiary/aromatic N) is 1. The van der Waals surface area contributed by atoms with Crippen molar-refractivity contribution in [2.45, 2.75) is 25.5 Å². The molecule has 1 aromatic rings. The molecule has 1 rings (SSSR count). The molecule has 0 saturated carbocycles. The molecular formula is C10H15NO2S. The van der Waals surface area contributed by atoms with E-state index in [4.69, 9.17) is 0 Å². The minimum atomic E-state index is -2.98. The molecule has 0 fully saturated rings. The van der Waals surface area contributed by atoms with Gasteiger partial charge in [-0.1, -0.05) is 19.9 Å². The van der Waals surface area contributed by atoms with Crippen LogP contribution in [0.3, 0.4) is 0 Å². The molecule has 0 N–H and O–H groups in total. The molecule has 0 aliphatic heterocycles. The van der Waals surface area contributed by atoms with E-state index in [-0.39, 0.29) is 5.75 Å². The molecule has 0 saturated heterocycles. The van der Waals surface area contributed by atoms with Gasteiger partial charge >= 0.3 is 0 Å². The fourth-order valence-electron chi connectivity index (χ4n) is 1.17. The zero-order valence-corrected chi connectivity index (χ0v) is 9.50. The van der Waals surface area contributed by atoms with Crippen molar-refractivity contribution < 1.29 is 8.42 Å². The van der Waals surface area contributed by atoms with Crippen molar-refractivity contribution in [3.8, 4) is 0 Å². The van der Waals surface area contributed by atoms with Crippen LogP contribution >= 0.6 is 0 Å². The number of rotatable bonds is 3. The Kier molecular flexibility index (Phi) is 3.26. The monoisotopic (exact) mass is 213 g/mol. The minimum absolute atomic E-state index is 0.0214. The van der Waals surface area contributed by atoms with Crippen LogP contribution in [0.15, 0.2) is 18.2 Å². The summed E-state index contributed by atoms with van der Waals surface area (Å²) in [6.45, 7) is 4.07. The predicted octanol–water partition coefficient (Wildman–Crippen LogP) is 1.75. The van der Waals surface area contributed by atoms with Crippen LogP contribution in [-0.2, 0) is 15.6 Å². The number of aromatic nitrogens is 1. The molecule has 1 aromatic heterocycles. The Labute approximate surface area is 85.1 Å². The Balaban J connectivity index is 2.95. The third-order valence-corrected chi connectivity index (χ3v) is 2.65. The van der Waals surface area contributed by atoms with Gasteiger partial charge in [0, 0.05) is 11.9 Å². The highest BCUT2D eigenvalue weighted by Crippen LogP contribution is 2.12. The molecule has 1 heterocycles. The van der Waals surface area contributed by atoms with Gasteiger partial charge in [0.15, 0.2) is 9.84 Å². The second kappa shape index (κ2) is 4.09. The molecule has 0 unspecified atom stereocenters. The molecule has 0 aliphatic carbocycles. The van der Waals surface area contributed by atoms with E-state index in [1.54, 1.807) is 6.07 Å². The van der Waals surface area contributed by atoms with Crippen LogP contribution in [-0.4, -0.2) is 19.7 Å². The summed E-state index contributed by atoms with van der Waals surface area (Å²) in [5.41, 5.74) is 1.56. The van der Waals surface area contributed by atoms with E-state index in [2.05, 4.69) is 4.98 Å². The normalized spacial score (nSPS) is 12.0. The van der Waals surface area contributed by atoms with E-state index in [1.165, 1.54) is 6.26 Å². The first-order valence-electron chi connectivity index (χ1n) is 4.52. The van der Waals surface area contributed by atoms with Crippen LogP contribution in [0, 0.1) is 0 Å². The lowest BCUT2D eigenvalue weighted by atomic mass is 10.1. The van der Waals surface area contributed by atoms with Crippen molar-refractivity contribution in [2.75, 3.05) is 6.26 Å². The first kappa shape index (κ1) is 11.2. The average Bonchev–Trinajstić information content (AvgIpc) is 2.01. The molecule has 14 heavy (non-hydrogen) atoms. The Morgan fingerprint density at radius 1 is 1.36 bits per heavy atom. The molecule has 0 atom stereocenters. The van der Waals surface area contributed by atoms with Gasteiger partial charge in [-0.25, -0.2) is 8.42 Å². The van der Waals surface area contributed by atoms with Gasteiger partial charge in [0.25, 0.3) is 0 Å². The summed E-state index contributed by atoms with van der Waals surface area (Å²) in [6, 6.07) is 5.51. The van der Waals surface area contributed by atoms with Gasteiger partial charge in [0.05, 0.1) is 11.4 Å². The van der Waals surface area contributed by atoms with Crippen LogP contribution in [0.4, 0.5) is 0 Å². The van der Waals surface area contributed by atoms with Gasteiger partial charge in [-0.3, -0.25) is 4.98 Å². The van der Waals surface area contributed by atoms with Gasteiger partial charge in [0.1, 0.15) is 0 Å². The fraction of sp³-hybridized carbons (Fsp3) is 0.500. The molecule has 0 amide bonds. The third-order valence-electron chi connectivity index (χ3n) is 1.83.